The van der Waals surface area contributed by atoms with Crippen LogP contribution in [0.2, 0.25) is 0 Å². The first-order valence-corrected chi connectivity index (χ1v) is 10.9. The summed E-state index contributed by atoms with van der Waals surface area (Å²) < 4.78 is 5.49. The molecule has 0 spiro atoms. The van der Waals surface area contributed by atoms with E-state index in [9.17, 15) is 19.5 Å². The number of hydrogen-bond donors (Lipinski definition) is 3. The minimum Gasteiger partial charge on any atom is -0.481 e. The molecule has 0 bridgehead atoms. The van der Waals surface area contributed by atoms with Crippen LogP contribution in [0.25, 0.3) is 11.1 Å². The monoisotopic (exact) mass is 438 g/mol. The molecule has 7 nitrogen and oxygen atoms in total. The number of fused-ring (bicyclic) bond motifs is 3. The van der Waals surface area contributed by atoms with Gasteiger partial charge in [0, 0.05) is 24.9 Å². The largest absolute Gasteiger partial charge is 0.481 e. The predicted octanol–water partition coefficient (Wildman–Crippen LogP) is 3.78. The Morgan fingerprint density at radius 3 is 2.06 bits per heavy atom. The van der Waals surface area contributed by atoms with E-state index in [2.05, 4.69) is 34.9 Å². The van der Waals surface area contributed by atoms with Crippen molar-refractivity contribution in [2.24, 2.45) is 11.8 Å². The quantitative estimate of drug-likeness (QED) is 0.553. The molecule has 32 heavy (non-hydrogen) atoms. The fraction of sp³-hybridized carbons (Fsp3) is 0.400. The lowest BCUT2D eigenvalue weighted by Crippen LogP contribution is -2.40. The fourth-order valence-electron chi connectivity index (χ4n) is 4.07. The van der Waals surface area contributed by atoms with Crippen molar-refractivity contribution in [3.63, 3.8) is 0 Å². The van der Waals surface area contributed by atoms with Crippen LogP contribution in [0.1, 0.15) is 44.2 Å². The molecule has 0 heterocycles. The molecular weight excluding hydrogens is 408 g/mol. The Kier molecular flexibility index (Phi) is 7.51. The van der Waals surface area contributed by atoms with Crippen molar-refractivity contribution >= 4 is 18.0 Å². The SMILES string of the molecule is CC(C)C(CNC(=O)C[C@@H](C)NC(=O)OCC1c2ccccc2-c2ccccc21)C(=O)O. The van der Waals surface area contributed by atoms with E-state index in [1.807, 2.05) is 24.3 Å². The number of alkyl carbamates (subject to hydrolysis) is 1. The van der Waals surface area contributed by atoms with E-state index < -0.39 is 24.0 Å². The maximum absolute atomic E-state index is 12.3. The lowest BCUT2D eigenvalue weighted by Gasteiger charge is -2.19. The van der Waals surface area contributed by atoms with Crippen molar-refractivity contribution < 1.29 is 24.2 Å². The van der Waals surface area contributed by atoms with Gasteiger partial charge in [0.2, 0.25) is 5.91 Å². The molecule has 0 saturated carbocycles. The average molecular weight is 439 g/mol. The van der Waals surface area contributed by atoms with E-state index >= 15 is 0 Å². The Balaban J connectivity index is 1.49. The molecule has 7 heteroatoms. The standard InChI is InChI=1S/C25H30N2O5/c1-15(2)21(24(29)30)13-26-23(28)12-16(3)27-25(31)32-14-22-19-10-6-4-8-17(19)18-9-5-7-11-20(18)22/h4-11,15-16,21-22H,12-14H2,1-3H3,(H,26,28)(H,27,31)(H,29,30)/t16-,21?/m1/s1. The van der Waals surface area contributed by atoms with E-state index in [0.717, 1.165) is 22.3 Å². The molecule has 1 unspecified atom stereocenters. The van der Waals surface area contributed by atoms with E-state index in [4.69, 9.17) is 4.74 Å². The summed E-state index contributed by atoms with van der Waals surface area (Å²) in [7, 11) is 0. The van der Waals surface area contributed by atoms with Gasteiger partial charge in [-0.25, -0.2) is 4.79 Å². The molecule has 0 radical (unpaired) electrons. The molecule has 3 rings (SSSR count). The topological polar surface area (TPSA) is 105 Å². The molecule has 1 aliphatic carbocycles. The first-order chi connectivity index (χ1) is 15.3. The van der Waals surface area contributed by atoms with Gasteiger partial charge < -0.3 is 20.5 Å². The predicted molar refractivity (Wildman–Crippen MR) is 121 cm³/mol. The summed E-state index contributed by atoms with van der Waals surface area (Å²) in [5.41, 5.74) is 4.57. The number of hydrogen-bond acceptors (Lipinski definition) is 4. The van der Waals surface area contributed by atoms with Crippen LogP contribution < -0.4 is 10.6 Å². The molecular formula is C25H30N2O5. The summed E-state index contributed by atoms with van der Waals surface area (Å²) in [5.74, 6) is -2.03. The van der Waals surface area contributed by atoms with Gasteiger partial charge in [-0.3, -0.25) is 9.59 Å². The molecule has 2 atom stereocenters. The molecule has 0 aromatic heterocycles. The number of ether oxygens (including phenoxy) is 1. The van der Waals surface area contributed by atoms with Crippen LogP contribution in [-0.4, -0.2) is 42.3 Å². The van der Waals surface area contributed by atoms with Gasteiger partial charge in [-0.15, -0.1) is 0 Å². The molecule has 0 aliphatic heterocycles. The zero-order valence-electron chi connectivity index (χ0n) is 18.6. The number of aliphatic carboxylic acids is 1. The molecule has 1 aliphatic rings. The van der Waals surface area contributed by atoms with Gasteiger partial charge in [0.25, 0.3) is 0 Å². The molecule has 2 aromatic rings. The maximum atomic E-state index is 12.3. The second-order valence-corrected chi connectivity index (χ2v) is 8.57. The zero-order valence-corrected chi connectivity index (χ0v) is 18.6. The molecule has 3 N–H and O–H groups in total. The summed E-state index contributed by atoms with van der Waals surface area (Å²) >= 11 is 0. The van der Waals surface area contributed by atoms with Gasteiger partial charge in [0.1, 0.15) is 6.61 Å². The number of carboxylic acid groups (broad SMARTS) is 1. The maximum Gasteiger partial charge on any atom is 0.407 e. The average Bonchev–Trinajstić information content (AvgIpc) is 3.05. The van der Waals surface area contributed by atoms with Crippen LogP contribution in [0.5, 0.6) is 0 Å². The lowest BCUT2D eigenvalue weighted by molar-refractivity contribution is -0.143. The van der Waals surface area contributed by atoms with Crippen LogP contribution in [-0.2, 0) is 14.3 Å². The minimum atomic E-state index is -0.940. The molecule has 0 fully saturated rings. The van der Waals surface area contributed by atoms with Crippen LogP contribution in [0.15, 0.2) is 48.5 Å². The Labute approximate surface area is 188 Å². The Morgan fingerprint density at radius 2 is 1.53 bits per heavy atom. The third-order valence-corrected chi connectivity index (χ3v) is 5.84. The molecule has 2 aromatic carbocycles. The van der Waals surface area contributed by atoms with E-state index in [1.165, 1.54) is 0 Å². The highest BCUT2D eigenvalue weighted by Gasteiger charge is 2.29. The van der Waals surface area contributed by atoms with Crippen molar-refractivity contribution in [1.82, 2.24) is 10.6 Å². The number of rotatable bonds is 9. The summed E-state index contributed by atoms with van der Waals surface area (Å²) in [5, 5.41) is 14.5. The van der Waals surface area contributed by atoms with Gasteiger partial charge in [0.15, 0.2) is 0 Å². The first-order valence-electron chi connectivity index (χ1n) is 10.9. The third kappa shape index (κ3) is 5.46. The van der Waals surface area contributed by atoms with Gasteiger partial charge in [-0.1, -0.05) is 62.4 Å². The minimum absolute atomic E-state index is 0.0317. The first kappa shape index (κ1) is 23.3. The molecule has 2 amide bonds. The summed E-state index contributed by atoms with van der Waals surface area (Å²) in [6.45, 7) is 5.56. The number of carboxylic acids is 1. The van der Waals surface area contributed by atoms with Crippen molar-refractivity contribution in [1.29, 1.82) is 0 Å². The highest BCUT2D eigenvalue weighted by molar-refractivity contribution is 5.80. The van der Waals surface area contributed by atoms with Crippen molar-refractivity contribution in [2.45, 2.75) is 39.2 Å². The Bertz CT molecular complexity index is 942. The van der Waals surface area contributed by atoms with Crippen LogP contribution >= 0.6 is 0 Å². The second-order valence-electron chi connectivity index (χ2n) is 8.57. The Hall–Kier alpha value is -3.35. The van der Waals surface area contributed by atoms with E-state index in [-0.39, 0.29) is 37.3 Å². The zero-order chi connectivity index (χ0) is 23.3. The van der Waals surface area contributed by atoms with Crippen LogP contribution in [0.3, 0.4) is 0 Å². The Morgan fingerprint density at radius 1 is 0.969 bits per heavy atom. The normalized spacial score (nSPS) is 14.2. The molecule has 170 valence electrons. The third-order valence-electron chi connectivity index (χ3n) is 5.84. The van der Waals surface area contributed by atoms with Gasteiger partial charge >= 0.3 is 12.1 Å². The number of carbonyl (C=O) groups excluding carboxylic acids is 2. The van der Waals surface area contributed by atoms with E-state index in [0.29, 0.717) is 0 Å². The van der Waals surface area contributed by atoms with Crippen LogP contribution in [0, 0.1) is 11.8 Å². The summed E-state index contributed by atoms with van der Waals surface area (Å²) in [4.78, 5) is 35.7. The number of amides is 2. The van der Waals surface area contributed by atoms with Gasteiger partial charge in [0.05, 0.1) is 5.92 Å². The van der Waals surface area contributed by atoms with Gasteiger partial charge in [-0.2, -0.15) is 0 Å². The number of carbonyl (C=O) groups is 3. The summed E-state index contributed by atoms with van der Waals surface area (Å²) in [6.07, 6.45) is -0.549. The smallest absolute Gasteiger partial charge is 0.407 e. The highest BCUT2D eigenvalue weighted by Crippen LogP contribution is 2.44. The molecule has 0 saturated heterocycles. The second kappa shape index (κ2) is 10.3. The van der Waals surface area contributed by atoms with E-state index in [1.54, 1.807) is 20.8 Å². The fourth-order valence-corrected chi connectivity index (χ4v) is 4.07. The van der Waals surface area contributed by atoms with Gasteiger partial charge in [-0.05, 0) is 35.1 Å². The summed E-state index contributed by atoms with van der Waals surface area (Å²) in [6, 6.07) is 15.8. The van der Waals surface area contributed by atoms with Crippen molar-refractivity contribution in [3.8, 4) is 11.1 Å². The van der Waals surface area contributed by atoms with Crippen molar-refractivity contribution in [3.05, 3.63) is 59.7 Å². The number of nitrogens with one attached hydrogen (secondary N) is 2. The number of benzene rings is 2. The lowest BCUT2D eigenvalue weighted by atomic mass is 9.96. The van der Waals surface area contributed by atoms with Crippen molar-refractivity contribution in [2.75, 3.05) is 13.2 Å². The van der Waals surface area contributed by atoms with Crippen LogP contribution in [0.4, 0.5) is 4.79 Å². The highest BCUT2D eigenvalue weighted by atomic mass is 16.5.